The van der Waals surface area contributed by atoms with Crippen molar-refractivity contribution in [1.29, 1.82) is 0 Å². The Kier molecular flexibility index (Phi) is 6.67. The predicted molar refractivity (Wildman–Crippen MR) is 77.6 cm³/mol. The zero-order valence-corrected chi connectivity index (χ0v) is 12.2. The van der Waals surface area contributed by atoms with Gasteiger partial charge in [-0.25, -0.2) is 0 Å². The molecule has 3 N–H and O–H groups in total. The van der Waals surface area contributed by atoms with Crippen LogP contribution < -0.4 is 15.8 Å². The van der Waals surface area contributed by atoms with Crippen molar-refractivity contribution in [3.05, 3.63) is 28.8 Å². The van der Waals surface area contributed by atoms with E-state index in [-0.39, 0.29) is 11.9 Å². The van der Waals surface area contributed by atoms with Crippen molar-refractivity contribution in [2.75, 3.05) is 13.7 Å². The molecule has 106 valence electrons. The standard InChI is InChI=1S/C14H21ClN2O2/c1-10(16)8-11-9-12(15)5-6-13(11)19-7-3-4-14(18)17-2/h5-6,9-10H,3-4,7-8,16H2,1-2H3,(H,17,18). The van der Waals surface area contributed by atoms with E-state index in [1.165, 1.54) is 0 Å². The van der Waals surface area contributed by atoms with Gasteiger partial charge in [0.05, 0.1) is 6.61 Å². The summed E-state index contributed by atoms with van der Waals surface area (Å²) in [5.74, 6) is 0.814. The minimum atomic E-state index is 0.0236. The van der Waals surface area contributed by atoms with Crippen LogP contribution in [0.1, 0.15) is 25.3 Å². The van der Waals surface area contributed by atoms with E-state index in [2.05, 4.69) is 5.32 Å². The summed E-state index contributed by atoms with van der Waals surface area (Å²) >= 11 is 5.97. The van der Waals surface area contributed by atoms with E-state index >= 15 is 0 Å². The van der Waals surface area contributed by atoms with Crippen molar-refractivity contribution in [3.8, 4) is 5.75 Å². The first kappa shape index (κ1) is 15.8. The lowest BCUT2D eigenvalue weighted by Crippen LogP contribution is -2.19. The number of amides is 1. The molecule has 0 saturated carbocycles. The summed E-state index contributed by atoms with van der Waals surface area (Å²) in [5, 5.41) is 3.25. The van der Waals surface area contributed by atoms with Crippen LogP contribution in [0.15, 0.2) is 18.2 Å². The monoisotopic (exact) mass is 284 g/mol. The highest BCUT2D eigenvalue weighted by atomic mass is 35.5. The van der Waals surface area contributed by atoms with Crippen LogP contribution in [0, 0.1) is 0 Å². The molecule has 0 aromatic heterocycles. The molecule has 0 aliphatic carbocycles. The molecule has 1 aromatic rings. The summed E-state index contributed by atoms with van der Waals surface area (Å²) < 4.78 is 5.69. The van der Waals surface area contributed by atoms with Crippen LogP contribution in [-0.4, -0.2) is 25.6 Å². The van der Waals surface area contributed by atoms with Crippen LogP contribution in [0.25, 0.3) is 0 Å². The topological polar surface area (TPSA) is 64.3 Å². The Hall–Kier alpha value is -1.26. The maximum absolute atomic E-state index is 11.1. The average Bonchev–Trinajstić information content (AvgIpc) is 2.35. The summed E-state index contributed by atoms with van der Waals surface area (Å²) in [4.78, 5) is 11.1. The van der Waals surface area contributed by atoms with Gasteiger partial charge < -0.3 is 15.8 Å². The van der Waals surface area contributed by atoms with E-state index in [4.69, 9.17) is 22.1 Å². The molecule has 0 saturated heterocycles. The van der Waals surface area contributed by atoms with E-state index < -0.39 is 0 Å². The molecule has 0 heterocycles. The SMILES string of the molecule is CNC(=O)CCCOc1ccc(Cl)cc1CC(C)N. The molecule has 0 fully saturated rings. The normalized spacial score (nSPS) is 12.0. The first-order valence-electron chi connectivity index (χ1n) is 6.40. The molecule has 19 heavy (non-hydrogen) atoms. The van der Waals surface area contributed by atoms with Crippen LogP contribution in [0.2, 0.25) is 5.02 Å². The van der Waals surface area contributed by atoms with Crippen LogP contribution in [0.3, 0.4) is 0 Å². The Balaban J connectivity index is 2.54. The number of halogens is 1. The van der Waals surface area contributed by atoms with Gasteiger partial charge in [-0.2, -0.15) is 0 Å². The number of rotatable bonds is 7. The molecule has 4 nitrogen and oxygen atoms in total. The van der Waals surface area contributed by atoms with Crippen LogP contribution in [-0.2, 0) is 11.2 Å². The lowest BCUT2D eigenvalue weighted by molar-refractivity contribution is -0.120. The molecule has 0 aliphatic heterocycles. The lowest BCUT2D eigenvalue weighted by Gasteiger charge is -2.13. The lowest BCUT2D eigenvalue weighted by atomic mass is 10.1. The second-order valence-electron chi connectivity index (χ2n) is 4.56. The predicted octanol–water partition coefficient (Wildman–Crippen LogP) is 2.13. The number of hydrogen-bond donors (Lipinski definition) is 2. The quantitative estimate of drug-likeness (QED) is 0.754. The van der Waals surface area contributed by atoms with Crippen molar-refractivity contribution in [1.82, 2.24) is 5.32 Å². The molecule has 1 atom stereocenters. The van der Waals surface area contributed by atoms with Gasteiger partial charge in [-0.3, -0.25) is 4.79 Å². The van der Waals surface area contributed by atoms with Crippen LogP contribution in [0.5, 0.6) is 5.75 Å². The van der Waals surface area contributed by atoms with Crippen molar-refractivity contribution in [3.63, 3.8) is 0 Å². The van der Waals surface area contributed by atoms with Gasteiger partial charge in [-0.1, -0.05) is 11.6 Å². The molecule has 1 unspecified atom stereocenters. The van der Waals surface area contributed by atoms with Crippen molar-refractivity contribution >= 4 is 17.5 Å². The molecule has 1 rings (SSSR count). The van der Waals surface area contributed by atoms with E-state index in [1.807, 2.05) is 19.1 Å². The van der Waals surface area contributed by atoms with Crippen molar-refractivity contribution in [2.24, 2.45) is 5.73 Å². The van der Waals surface area contributed by atoms with Crippen LogP contribution >= 0.6 is 11.6 Å². The molecular weight excluding hydrogens is 264 g/mol. The minimum absolute atomic E-state index is 0.0236. The molecule has 0 bridgehead atoms. The summed E-state index contributed by atoms with van der Waals surface area (Å²) in [6.07, 6.45) is 1.86. The third-order valence-corrected chi connectivity index (χ3v) is 2.88. The van der Waals surface area contributed by atoms with E-state index in [0.717, 1.165) is 11.3 Å². The number of carbonyl (C=O) groups is 1. The van der Waals surface area contributed by atoms with Gasteiger partial charge >= 0.3 is 0 Å². The van der Waals surface area contributed by atoms with Gasteiger partial charge in [0.25, 0.3) is 0 Å². The Bertz CT molecular complexity index is 422. The fourth-order valence-electron chi connectivity index (χ4n) is 1.74. The maximum atomic E-state index is 11.1. The van der Waals surface area contributed by atoms with E-state index in [0.29, 0.717) is 30.9 Å². The third-order valence-electron chi connectivity index (χ3n) is 2.65. The third kappa shape index (κ3) is 5.94. The Morgan fingerprint density at radius 3 is 2.89 bits per heavy atom. The van der Waals surface area contributed by atoms with Crippen molar-refractivity contribution < 1.29 is 9.53 Å². The first-order chi connectivity index (χ1) is 9.02. The number of carbonyl (C=O) groups excluding carboxylic acids is 1. The van der Waals surface area contributed by atoms with Gasteiger partial charge in [-0.05, 0) is 43.5 Å². The van der Waals surface area contributed by atoms with Gasteiger partial charge in [0.15, 0.2) is 0 Å². The Morgan fingerprint density at radius 2 is 2.26 bits per heavy atom. The highest BCUT2D eigenvalue weighted by Gasteiger charge is 2.07. The molecule has 0 aliphatic rings. The summed E-state index contributed by atoms with van der Waals surface area (Å²) in [7, 11) is 1.63. The number of hydrogen-bond acceptors (Lipinski definition) is 3. The number of ether oxygens (including phenoxy) is 1. The molecule has 0 spiro atoms. The molecule has 1 aromatic carbocycles. The largest absolute Gasteiger partial charge is 0.493 e. The average molecular weight is 285 g/mol. The second-order valence-corrected chi connectivity index (χ2v) is 5.00. The van der Waals surface area contributed by atoms with Gasteiger partial charge in [0.1, 0.15) is 5.75 Å². The van der Waals surface area contributed by atoms with Gasteiger partial charge in [0, 0.05) is 24.5 Å². The highest BCUT2D eigenvalue weighted by molar-refractivity contribution is 6.30. The summed E-state index contributed by atoms with van der Waals surface area (Å²) in [5.41, 5.74) is 6.81. The van der Waals surface area contributed by atoms with Crippen LogP contribution in [0.4, 0.5) is 0 Å². The molecular formula is C14H21ClN2O2. The zero-order valence-electron chi connectivity index (χ0n) is 11.4. The summed E-state index contributed by atoms with van der Waals surface area (Å²) in [6, 6.07) is 5.56. The molecule has 5 heteroatoms. The smallest absolute Gasteiger partial charge is 0.219 e. The van der Waals surface area contributed by atoms with Crippen molar-refractivity contribution in [2.45, 2.75) is 32.2 Å². The zero-order chi connectivity index (χ0) is 14.3. The van der Waals surface area contributed by atoms with E-state index in [1.54, 1.807) is 13.1 Å². The fourth-order valence-corrected chi connectivity index (χ4v) is 1.93. The van der Waals surface area contributed by atoms with Gasteiger partial charge in [-0.15, -0.1) is 0 Å². The summed E-state index contributed by atoms with van der Waals surface area (Å²) in [6.45, 7) is 2.44. The fraction of sp³-hybridized carbons (Fsp3) is 0.500. The Labute approximate surface area is 119 Å². The molecule has 1 amide bonds. The second kappa shape index (κ2) is 8.02. The highest BCUT2D eigenvalue weighted by Crippen LogP contribution is 2.24. The number of nitrogens with two attached hydrogens (primary N) is 1. The first-order valence-corrected chi connectivity index (χ1v) is 6.78. The molecule has 0 radical (unpaired) electrons. The maximum Gasteiger partial charge on any atom is 0.219 e. The van der Waals surface area contributed by atoms with Gasteiger partial charge in [0.2, 0.25) is 5.91 Å². The van der Waals surface area contributed by atoms with E-state index in [9.17, 15) is 4.79 Å². The Morgan fingerprint density at radius 1 is 1.53 bits per heavy atom. The number of nitrogens with one attached hydrogen (secondary N) is 1. The minimum Gasteiger partial charge on any atom is -0.493 e. The number of benzene rings is 1.